The molecule has 128 valence electrons. The Hall–Kier alpha value is -2.47. The van der Waals surface area contributed by atoms with Gasteiger partial charge in [-0.2, -0.15) is 0 Å². The molecule has 0 amide bonds. The highest BCUT2D eigenvalue weighted by atomic mass is 32.2. The second kappa shape index (κ2) is 7.19. The van der Waals surface area contributed by atoms with Crippen molar-refractivity contribution in [1.82, 2.24) is 14.8 Å². The molecule has 5 nitrogen and oxygen atoms in total. The smallest absolute Gasteiger partial charge is 0.191 e. The second-order valence-electron chi connectivity index (χ2n) is 5.87. The average molecular weight is 353 g/mol. The molecule has 1 aliphatic heterocycles. The minimum absolute atomic E-state index is 0.193. The number of ether oxygens (including phenoxy) is 2. The Morgan fingerprint density at radius 2 is 1.88 bits per heavy atom. The molecule has 1 aromatic heterocycles. The van der Waals surface area contributed by atoms with Crippen LogP contribution in [0.15, 0.2) is 60.0 Å². The summed E-state index contributed by atoms with van der Waals surface area (Å²) < 4.78 is 13.3. The molecule has 2 aromatic carbocycles. The first kappa shape index (κ1) is 16.0. The molecule has 0 saturated heterocycles. The van der Waals surface area contributed by atoms with Crippen LogP contribution in [-0.2, 0) is 5.75 Å². The number of rotatable bonds is 5. The second-order valence-corrected chi connectivity index (χ2v) is 6.82. The van der Waals surface area contributed by atoms with Gasteiger partial charge in [0.2, 0.25) is 0 Å². The molecule has 0 fully saturated rings. The summed E-state index contributed by atoms with van der Waals surface area (Å²) in [6.07, 6.45) is 1.80. The number of nitrogens with zero attached hydrogens (tertiary/aromatic N) is 3. The fraction of sp³-hybridized carbons (Fsp3) is 0.263. The minimum Gasteiger partial charge on any atom is -0.486 e. The summed E-state index contributed by atoms with van der Waals surface area (Å²) in [5, 5.41) is 9.29. The molecule has 0 saturated carbocycles. The fourth-order valence-corrected chi connectivity index (χ4v) is 3.75. The SMILES string of the molecule is C[C@@H](c1ccccc1)n1cnnc1SCc1ccc2c(c1)OCCO2. The van der Waals surface area contributed by atoms with Crippen molar-refractivity contribution in [2.75, 3.05) is 13.2 Å². The highest BCUT2D eigenvalue weighted by molar-refractivity contribution is 7.98. The van der Waals surface area contributed by atoms with Crippen molar-refractivity contribution in [3.63, 3.8) is 0 Å². The molecular formula is C19H19N3O2S. The van der Waals surface area contributed by atoms with Gasteiger partial charge >= 0.3 is 0 Å². The van der Waals surface area contributed by atoms with Crippen LogP contribution in [0.25, 0.3) is 0 Å². The topological polar surface area (TPSA) is 49.2 Å². The molecule has 3 aromatic rings. The zero-order valence-corrected chi connectivity index (χ0v) is 14.8. The van der Waals surface area contributed by atoms with Gasteiger partial charge in [-0.05, 0) is 30.2 Å². The van der Waals surface area contributed by atoms with E-state index in [1.165, 1.54) is 11.1 Å². The van der Waals surface area contributed by atoms with Gasteiger partial charge in [0.05, 0.1) is 6.04 Å². The molecule has 0 bridgehead atoms. The van der Waals surface area contributed by atoms with Crippen LogP contribution in [0.5, 0.6) is 11.5 Å². The molecular weight excluding hydrogens is 334 g/mol. The zero-order chi connectivity index (χ0) is 17.1. The van der Waals surface area contributed by atoms with Gasteiger partial charge in [-0.25, -0.2) is 0 Å². The van der Waals surface area contributed by atoms with Gasteiger partial charge in [-0.1, -0.05) is 48.2 Å². The molecule has 1 aliphatic rings. The van der Waals surface area contributed by atoms with E-state index in [-0.39, 0.29) is 6.04 Å². The lowest BCUT2D eigenvalue weighted by Crippen LogP contribution is -2.15. The average Bonchev–Trinajstić information content (AvgIpc) is 3.15. The maximum absolute atomic E-state index is 5.65. The molecule has 0 aliphatic carbocycles. The summed E-state index contributed by atoms with van der Waals surface area (Å²) >= 11 is 1.67. The van der Waals surface area contributed by atoms with E-state index in [4.69, 9.17) is 9.47 Å². The lowest BCUT2D eigenvalue weighted by atomic mass is 10.1. The summed E-state index contributed by atoms with van der Waals surface area (Å²) in [7, 11) is 0. The van der Waals surface area contributed by atoms with Gasteiger partial charge in [0.15, 0.2) is 16.7 Å². The van der Waals surface area contributed by atoms with Crippen molar-refractivity contribution in [3.8, 4) is 11.5 Å². The highest BCUT2D eigenvalue weighted by Crippen LogP contribution is 2.33. The van der Waals surface area contributed by atoms with Crippen molar-refractivity contribution in [1.29, 1.82) is 0 Å². The molecule has 2 heterocycles. The Kier molecular flexibility index (Phi) is 4.61. The largest absolute Gasteiger partial charge is 0.486 e. The monoisotopic (exact) mass is 353 g/mol. The normalized spacial score (nSPS) is 14.3. The number of benzene rings is 2. The van der Waals surface area contributed by atoms with Gasteiger partial charge in [0, 0.05) is 5.75 Å². The first-order chi connectivity index (χ1) is 12.3. The number of thioether (sulfide) groups is 1. The van der Waals surface area contributed by atoms with Gasteiger partial charge in [0.25, 0.3) is 0 Å². The minimum atomic E-state index is 0.193. The summed E-state index contributed by atoms with van der Waals surface area (Å²) in [6, 6.07) is 16.7. The standard InChI is InChI=1S/C19H19N3O2S/c1-14(16-5-3-2-4-6-16)22-13-20-21-19(22)25-12-15-7-8-17-18(11-15)24-10-9-23-17/h2-8,11,13-14H,9-10,12H2,1H3/t14-/m0/s1. The van der Waals surface area contributed by atoms with E-state index >= 15 is 0 Å². The Morgan fingerprint density at radius 1 is 1.08 bits per heavy atom. The van der Waals surface area contributed by atoms with Crippen molar-refractivity contribution < 1.29 is 9.47 Å². The summed E-state index contributed by atoms with van der Waals surface area (Å²) in [4.78, 5) is 0. The van der Waals surface area contributed by atoms with E-state index in [0.29, 0.717) is 13.2 Å². The van der Waals surface area contributed by atoms with Crippen molar-refractivity contribution in [3.05, 3.63) is 66.0 Å². The number of hydrogen-bond donors (Lipinski definition) is 0. The van der Waals surface area contributed by atoms with Crippen LogP contribution in [0, 0.1) is 0 Å². The van der Waals surface area contributed by atoms with Crippen LogP contribution in [0.4, 0.5) is 0 Å². The van der Waals surface area contributed by atoms with Gasteiger partial charge < -0.3 is 14.0 Å². The van der Waals surface area contributed by atoms with Gasteiger partial charge in [-0.15, -0.1) is 10.2 Å². The highest BCUT2D eigenvalue weighted by Gasteiger charge is 2.15. The van der Waals surface area contributed by atoms with E-state index in [1.54, 1.807) is 18.1 Å². The zero-order valence-electron chi connectivity index (χ0n) is 14.0. The molecule has 4 rings (SSSR count). The molecule has 0 N–H and O–H groups in total. The maximum Gasteiger partial charge on any atom is 0.191 e. The predicted octanol–water partition coefficient (Wildman–Crippen LogP) is 3.95. The van der Waals surface area contributed by atoms with Crippen LogP contribution >= 0.6 is 11.8 Å². The van der Waals surface area contributed by atoms with Gasteiger partial charge in [0.1, 0.15) is 19.5 Å². The number of hydrogen-bond acceptors (Lipinski definition) is 5. The van der Waals surface area contributed by atoms with E-state index in [9.17, 15) is 0 Å². The quantitative estimate of drug-likeness (QED) is 0.650. The van der Waals surface area contributed by atoms with Crippen molar-refractivity contribution in [2.24, 2.45) is 0 Å². The molecule has 25 heavy (non-hydrogen) atoms. The third-order valence-corrected chi connectivity index (χ3v) is 5.24. The summed E-state index contributed by atoms with van der Waals surface area (Å²) in [5.74, 6) is 2.45. The molecule has 6 heteroatoms. The Balaban J connectivity index is 1.48. The molecule has 0 spiro atoms. The third kappa shape index (κ3) is 3.49. The summed E-state index contributed by atoms with van der Waals surface area (Å²) in [6.45, 7) is 3.38. The first-order valence-electron chi connectivity index (χ1n) is 8.27. The molecule has 0 unspecified atom stereocenters. The van der Waals surface area contributed by atoms with Crippen LogP contribution in [-0.4, -0.2) is 28.0 Å². The lowest BCUT2D eigenvalue weighted by Gasteiger charge is -2.19. The van der Waals surface area contributed by atoms with E-state index < -0.39 is 0 Å². The first-order valence-corrected chi connectivity index (χ1v) is 9.25. The van der Waals surface area contributed by atoms with Crippen molar-refractivity contribution in [2.45, 2.75) is 23.9 Å². The number of aromatic nitrogens is 3. The van der Waals surface area contributed by atoms with E-state index in [2.05, 4.69) is 52.0 Å². The maximum atomic E-state index is 5.65. The number of fused-ring (bicyclic) bond motifs is 1. The summed E-state index contributed by atoms with van der Waals surface area (Å²) in [5.41, 5.74) is 2.42. The fourth-order valence-electron chi connectivity index (χ4n) is 2.82. The van der Waals surface area contributed by atoms with Crippen LogP contribution in [0.1, 0.15) is 24.1 Å². The van der Waals surface area contributed by atoms with Crippen LogP contribution < -0.4 is 9.47 Å². The van der Waals surface area contributed by atoms with Crippen molar-refractivity contribution >= 4 is 11.8 Å². The predicted molar refractivity (Wildman–Crippen MR) is 97.3 cm³/mol. The Morgan fingerprint density at radius 3 is 2.72 bits per heavy atom. The van der Waals surface area contributed by atoms with Crippen LogP contribution in [0.2, 0.25) is 0 Å². The Bertz CT molecular complexity index is 851. The molecule has 1 atom stereocenters. The van der Waals surface area contributed by atoms with E-state index in [0.717, 1.165) is 22.4 Å². The third-order valence-electron chi connectivity index (χ3n) is 4.21. The van der Waals surface area contributed by atoms with Crippen LogP contribution in [0.3, 0.4) is 0 Å². The van der Waals surface area contributed by atoms with Gasteiger partial charge in [-0.3, -0.25) is 0 Å². The molecule has 0 radical (unpaired) electrons. The lowest BCUT2D eigenvalue weighted by molar-refractivity contribution is 0.171. The van der Waals surface area contributed by atoms with E-state index in [1.807, 2.05) is 18.2 Å². The Labute approximate surface area is 151 Å².